The number of para-hydroxylation sites is 1. The molecule has 0 aliphatic carbocycles. The lowest BCUT2D eigenvalue weighted by molar-refractivity contribution is -0.125. The smallest absolute Gasteiger partial charge is 0.239 e. The van der Waals surface area contributed by atoms with E-state index in [-0.39, 0.29) is 11.9 Å². The first-order valence-corrected chi connectivity index (χ1v) is 7.26. The number of rotatable bonds is 4. The lowest BCUT2D eigenvalue weighted by Gasteiger charge is -2.22. The van der Waals surface area contributed by atoms with Crippen LogP contribution >= 0.6 is 0 Å². The number of nitrogens with one attached hydrogen (secondary N) is 2. The van der Waals surface area contributed by atoms with E-state index in [1.807, 2.05) is 24.3 Å². The highest BCUT2D eigenvalue weighted by Crippen LogP contribution is 2.15. The Morgan fingerprint density at radius 2 is 2.29 bits per heavy atom. The van der Waals surface area contributed by atoms with Gasteiger partial charge in [-0.1, -0.05) is 24.3 Å². The zero-order chi connectivity index (χ0) is 14.5. The van der Waals surface area contributed by atoms with Crippen LogP contribution in [0.25, 0.3) is 10.9 Å². The van der Waals surface area contributed by atoms with Crippen molar-refractivity contribution in [3.63, 3.8) is 0 Å². The molecule has 110 valence electrons. The molecule has 1 fully saturated rings. The molecule has 1 unspecified atom stereocenters. The predicted molar refractivity (Wildman–Crippen MR) is 81.1 cm³/mol. The van der Waals surface area contributed by atoms with Gasteiger partial charge in [-0.2, -0.15) is 0 Å². The number of pyridine rings is 1. The van der Waals surface area contributed by atoms with Gasteiger partial charge in [0.1, 0.15) is 6.04 Å². The number of hydrogen-bond acceptors (Lipinski definition) is 4. The molecule has 21 heavy (non-hydrogen) atoms. The molecule has 1 aliphatic heterocycles. The van der Waals surface area contributed by atoms with Crippen LogP contribution in [0.4, 0.5) is 0 Å². The molecule has 2 heterocycles. The minimum absolute atomic E-state index is 0.00268. The van der Waals surface area contributed by atoms with Gasteiger partial charge >= 0.3 is 0 Å². The summed E-state index contributed by atoms with van der Waals surface area (Å²) in [6.45, 7) is 2.45. The van der Waals surface area contributed by atoms with Crippen LogP contribution in [0.2, 0.25) is 0 Å². The maximum Gasteiger partial charge on any atom is 0.239 e. The van der Waals surface area contributed by atoms with Crippen molar-refractivity contribution >= 4 is 16.8 Å². The lowest BCUT2D eigenvalue weighted by Crippen LogP contribution is -2.51. The number of benzene rings is 1. The third kappa shape index (κ3) is 3.37. The van der Waals surface area contributed by atoms with Crippen molar-refractivity contribution in [2.45, 2.75) is 12.5 Å². The van der Waals surface area contributed by atoms with Crippen molar-refractivity contribution in [2.75, 3.05) is 26.3 Å². The van der Waals surface area contributed by atoms with Gasteiger partial charge in [0.15, 0.2) is 0 Å². The summed E-state index contributed by atoms with van der Waals surface area (Å²) in [4.78, 5) is 16.4. The van der Waals surface area contributed by atoms with Gasteiger partial charge in [0.05, 0.1) is 18.7 Å². The standard InChI is InChI=1S/C16H19N3O2/c20-16(14-11-21-10-9-17-14)19-8-6-13-4-1-3-12-5-2-7-18-15(12)13/h1-5,7,14,17H,6,8-11H2,(H,19,20). The van der Waals surface area contributed by atoms with Gasteiger partial charge in [-0.05, 0) is 18.1 Å². The van der Waals surface area contributed by atoms with Crippen LogP contribution in [0.15, 0.2) is 36.5 Å². The van der Waals surface area contributed by atoms with E-state index in [9.17, 15) is 4.79 Å². The largest absolute Gasteiger partial charge is 0.378 e. The molecule has 5 nitrogen and oxygen atoms in total. The molecule has 0 radical (unpaired) electrons. The Morgan fingerprint density at radius 3 is 3.14 bits per heavy atom. The van der Waals surface area contributed by atoms with E-state index in [0.717, 1.165) is 29.4 Å². The van der Waals surface area contributed by atoms with Crippen molar-refractivity contribution in [3.8, 4) is 0 Å². The number of nitrogens with zero attached hydrogens (tertiary/aromatic N) is 1. The van der Waals surface area contributed by atoms with Crippen molar-refractivity contribution < 1.29 is 9.53 Å². The number of carbonyl (C=O) groups excluding carboxylic acids is 1. The van der Waals surface area contributed by atoms with Crippen molar-refractivity contribution in [3.05, 3.63) is 42.1 Å². The lowest BCUT2D eigenvalue weighted by atomic mass is 10.1. The number of amides is 1. The Morgan fingerprint density at radius 1 is 1.38 bits per heavy atom. The Hall–Kier alpha value is -1.98. The van der Waals surface area contributed by atoms with E-state index in [1.165, 1.54) is 0 Å². The van der Waals surface area contributed by atoms with Crippen LogP contribution in [0.5, 0.6) is 0 Å². The Kier molecular flexibility index (Phi) is 4.43. The SMILES string of the molecule is O=C(NCCc1cccc2cccnc12)C1COCCN1. The van der Waals surface area contributed by atoms with Crippen molar-refractivity contribution in [1.29, 1.82) is 0 Å². The van der Waals surface area contributed by atoms with Crippen LogP contribution < -0.4 is 10.6 Å². The van der Waals surface area contributed by atoms with E-state index >= 15 is 0 Å². The second-order valence-electron chi connectivity index (χ2n) is 5.11. The number of carbonyl (C=O) groups is 1. The number of hydrogen-bond donors (Lipinski definition) is 2. The zero-order valence-electron chi connectivity index (χ0n) is 11.8. The van der Waals surface area contributed by atoms with E-state index in [0.29, 0.717) is 19.8 Å². The number of morpholine rings is 1. The highest BCUT2D eigenvalue weighted by molar-refractivity contribution is 5.83. The molecular formula is C16H19N3O2. The molecule has 5 heteroatoms. The topological polar surface area (TPSA) is 63.2 Å². The van der Waals surface area contributed by atoms with Gasteiger partial charge in [0.25, 0.3) is 0 Å². The highest BCUT2D eigenvalue weighted by atomic mass is 16.5. The first-order chi connectivity index (χ1) is 10.3. The van der Waals surface area contributed by atoms with E-state index in [2.05, 4.69) is 21.7 Å². The second-order valence-corrected chi connectivity index (χ2v) is 5.11. The number of ether oxygens (including phenoxy) is 1. The van der Waals surface area contributed by atoms with Crippen LogP contribution in [0.1, 0.15) is 5.56 Å². The first kappa shape index (κ1) is 14.0. The minimum atomic E-state index is -0.232. The molecule has 0 saturated carbocycles. The maximum absolute atomic E-state index is 12.0. The second kappa shape index (κ2) is 6.65. The van der Waals surface area contributed by atoms with Gasteiger partial charge in [0.2, 0.25) is 5.91 Å². The van der Waals surface area contributed by atoms with Crippen LogP contribution in [0.3, 0.4) is 0 Å². The summed E-state index contributed by atoms with van der Waals surface area (Å²) in [7, 11) is 0. The molecule has 1 aromatic heterocycles. The summed E-state index contributed by atoms with van der Waals surface area (Å²) in [5.74, 6) is 0.00268. The normalized spacial score (nSPS) is 18.6. The Balaban J connectivity index is 1.58. The van der Waals surface area contributed by atoms with Crippen molar-refractivity contribution in [1.82, 2.24) is 15.6 Å². The highest BCUT2D eigenvalue weighted by Gasteiger charge is 2.20. The van der Waals surface area contributed by atoms with E-state index in [1.54, 1.807) is 6.20 Å². The van der Waals surface area contributed by atoms with Gasteiger partial charge in [0, 0.05) is 24.7 Å². The maximum atomic E-state index is 12.0. The summed E-state index contributed by atoms with van der Waals surface area (Å²) in [5.41, 5.74) is 2.16. The third-order valence-electron chi connectivity index (χ3n) is 3.65. The van der Waals surface area contributed by atoms with Gasteiger partial charge in [-0.25, -0.2) is 0 Å². The minimum Gasteiger partial charge on any atom is -0.378 e. The fourth-order valence-corrected chi connectivity index (χ4v) is 2.55. The van der Waals surface area contributed by atoms with Crippen LogP contribution in [-0.4, -0.2) is 43.2 Å². The molecule has 0 bridgehead atoms. The molecule has 2 aromatic rings. The Bertz CT molecular complexity index is 618. The molecule has 1 saturated heterocycles. The quantitative estimate of drug-likeness (QED) is 0.875. The number of aromatic nitrogens is 1. The molecule has 1 aromatic carbocycles. The molecule has 1 aliphatic rings. The van der Waals surface area contributed by atoms with Crippen molar-refractivity contribution in [2.24, 2.45) is 0 Å². The average Bonchev–Trinajstić information content (AvgIpc) is 2.56. The van der Waals surface area contributed by atoms with Gasteiger partial charge < -0.3 is 15.4 Å². The summed E-state index contributed by atoms with van der Waals surface area (Å²) in [5, 5.41) is 7.23. The average molecular weight is 285 g/mol. The summed E-state index contributed by atoms with van der Waals surface area (Å²) in [6.07, 6.45) is 2.57. The third-order valence-corrected chi connectivity index (χ3v) is 3.65. The molecule has 1 atom stereocenters. The molecule has 2 N–H and O–H groups in total. The molecular weight excluding hydrogens is 266 g/mol. The number of fused-ring (bicyclic) bond motifs is 1. The molecule has 0 spiro atoms. The molecule has 1 amide bonds. The zero-order valence-corrected chi connectivity index (χ0v) is 11.8. The summed E-state index contributed by atoms with van der Waals surface area (Å²) in [6, 6.07) is 9.88. The monoisotopic (exact) mass is 285 g/mol. The molecule has 3 rings (SSSR count). The Labute approximate surface area is 123 Å². The summed E-state index contributed by atoms with van der Waals surface area (Å²) < 4.78 is 5.29. The van der Waals surface area contributed by atoms with E-state index < -0.39 is 0 Å². The van der Waals surface area contributed by atoms with Gasteiger partial charge in [-0.3, -0.25) is 9.78 Å². The predicted octanol–water partition coefficient (Wildman–Crippen LogP) is 0.882. The fourth-order valence-electron chi connectivity index (χ4n) is 2.55. The van der Waals surface area contributed by atoms with Crippen LogP contribution in [0, 0.1) is 0 Å². The first-order valence-electron chi connectivity index (χ1n) is 7.26. The van der Waals surface area contributed by atoms with E-state index in [4.69, 9.17) is 4.74 Å². The summed E-state index contributed by atoms with van der Waals surface area (Å²) >= 11 is 0. The van der Waals surface area contributed by atoms with Crippen LogP contribution in [-0.2, 0) is 16.0 Å². The fraction of sp³-hybridized carbons (Fsp3) is 0.375. The van der Waals surface area contributed by atoms with Gasteiger partial charge in [-0.15, -0.1) is 0 Å².